The zero-order valence-corrected chi connectivity index (χ0v) is 13.6. The number of carbonyl (C=O) groups is 2. The summed E-state index contributed by atoms with van der Waals surface area (Å²) in [6, 6.07) is 13.2. The van der Waals surface area contributed by atoms with Crippen LogP contribution < -0.4 is 15.8 Å². The van der Waals surface area contributed by atoms with Crippen molar-refractivity contribution in [3.05, 3.63) is 71.6 Å². The van der Waals surface area contributed by atoms with E-state index in [1.807, 2.05) is 6.07 Å². The van der Waals surface area contributed by atoms with Crippen LogP contribution in [-0.2, 0) is 16.0 Å². The smallest absolute Gasteiger partial charge is 0.255 e. The molecule has 2 aromatic carbocycles. The Morgan fingerprint density at radius 2 is 1.92 bits per heavy atom. The van der Waals surface area contributed by atoms with Crippen molar-refractivity contribution < 1.29 is 18.7 Å². The fourth-order valence-corrected chi connectivity index (χ4v) is 2.08. The fourth-order valence-electron chi connectivity index (χ4n) is 2.08. The molecule has 0 aliphatic rings. The maximum atomic E-state index is 13.0. The van der Waals surface area contributed by atoms with Crippen LogP contribution in [0.3, 0.4) is 0 Å². The Labute approximate surface area is 145 Å². The number of halogens is 1. The first-order valence-electron chi connectivity index (χ1n) is 7.74. The van der Waals surface area contributed by atoms with Crippen molar-refractivity contribution in [3.8, 4) is 5.75 Å². The third-order valence-electron chi connectivity index (χ3n) is 3.29. The molecule has 2 aromatic rings. The Balaban J connectivity index is 1.76. The number of nitrogens with two attached hydrogens (primary N) is 1. The highest BCUT2D eigenvalue weighted by molar-refractivity contribution is 5.91. The van der Waals surface area contributed by atoms with Gasteiger partial charge in [0, 0.05) is 12.6 Å². The topological polar surface area (TPSA) is 81.4 Å². The molecule has 25 heavy (non-hydrogen) atoms. The van der Waals surface area contributed by atoms with Crippen LogP contribution in [0.25, 0.3) is 6.08 Å². The molecule has 0 bridgehead atoms. The molecule has 0 heterocycles. The van der Waals surface area contributed by atoms with Crippen molar-refractivity contribution in [1.82, 2.24) is 5.32 Å². The first kappa shape index (κ1) is 18.2. The van der Waals surface area contributed by atoms with Gasteiger partial charge in [-0.1, -0.05) is 24.3 Å². The molecule has 0 aliphatic heterocycles. The van der Waals surface area contributed by atoms with Crippen molar-refractivity contribution in [1.29, 1.82) is 0 Å². The van der Waals surface area contributed by atoms with Crippen LogP contribution in [0.4, 0.5) is 4.39 Å². The molecule has 2 amide bonds. The summed E-state index contributed by atoms with van der Waals surface area (Å²) in [6.45, 7) is 0.245. The quantitative estimate of drug-likeness (QED) is 0.721. The third kappa shape index (κ3) is 6.87. The van der Waals surface area contributed by atoms with Gasteiger partial charge in [-0.15, -0.1) is 0 Å². The van der Waals surface area contributed by atoms with E-state index in [-0.39, 0.29) is 18.3 Å². The predicted octanol–water partition coefficient (Wildman–Crippen LogP) is 2.06. The molecule has 0 atom stereocenters. The van der Waals surface area contributed by atoms with E-state index in [1.54, 1.807) is 36.4 Å². The number of benzene rings is 2. The number of nitrogens with one attached hydrogen (secondary N) is 1. The van der Waals surface area contributed by atoms with Crippen LogP contribution in [0.2, 0.25) is 0 Å². The first-order chi connectivity index (χ1) is 12.0. The Morgan fingerprint density at radius 3 is 2.60 bits per heavy atom. The molecule has 0 spiro atoms. The molecule has 6 heteroatoms. The number of ether oxygens (including phenoxy) is 1. The standard InChI is InChI=1S/C19H19FN2O3/c20-16-3-1-2-15(12-16)10-11-22-19(24)9-6-14-4-7-17(8-5-14)25-13-18(21)23/h1-9,12H,10-11,13H2,(H2,21,23)(H,22,24)/b9-6+. The van der Waals surface area contributed by atoms with Crippen molar-refractivity contribution in [2.75, 3.05) is 13.2 Å². The zero-order chi connectivity index (χ0) is 18.1. The lowest BCUT2D eigenvalue weighted by atomic mass is 10.1. The largest absolute Gasteiger partial charge is 0.484 e. The summed E-state index contributed by atoms with van der Waals surface area (Å²) in [7, 11) is 0. The lowest BCUT2D eigenvalue weighted by Crippen LogP contribution is -2.23. The fraction of sp³-hybridized carbons (Fsp3) is 0.158. The van der Waals surface area contributed by atoms with Crippen LogP contribution >= 0.6 is 0 Å². The third-order valence-corrected chi connectivity index (χ3v) is 3.29. The van der Waals surface area contributed by atoms with Gasteiger partial charge in [0.1, 0.15) is 11.6 Å². The van der Waals surface area contributed by atoms with Crippen LogP contribution in [0.1, 0.15) is 11.1 Å². The Kier molecular flexibility index (Phi) is 6.71. The van der Waals surface area contributed by atoms with Gasteiger partial charge >= 0.3 is 0 Å². The Hall–Kier alpha value is -3.15. The Morgan fingerprint density at radius 1 is 1.16 bits per heavy atom. The molecule has 0 fully saturated rings. The number of hydrogen-bond donors (Lipinski definition) is 2. The van der Waals surface area contributed by atoms with Crippen LogP contribution in [0.5, 0.6) is 5.75 Å². The summed E-state index contributed by atoms with van der Waals surface area (Å²) < 4.78 is 18.2. The van der Waals surface area contributed by atoms with Gasteiger partial charge < -0.3 is 15.8 Å². The van der Waals surface area contributed by atoms with E-state index in [0.717, 1.165) is 11.1 Å². The van der Waals surface area contributed by atoms with Gasteiger partial charge in [-0.05, 0) is 47.9 Å². The second-order valence-electron chi connectivity index (χ2n) is 5.33. The number of primary amides is 1. The minimum atomic E-state index is -0.543. The second-order valence-corrected chi connectivity index (χ2v) is 5.33. The van der Waals surface area contributed by atoms with Gasteiger partial charge in [0.15, 0.2) is 6.61 Å². The number of carbonyl (C=O) groups excluding carboxylic acids is 2. The first-order valence-corrected chi connectivity index (χ1v) is 7.74. The van der Waals surface area contributed by atoms with Gasteiger partial charge in [-0.2, -0.15) is 0 Å². The van der Waals surface area contributed by atoms with Crippen LogP contribution in [-0.4, -0.2) is 25.0 Å². The maximum absolute atomic E-state index is 13.0. The summed E-state index contributed by atoms with van der Waals surface area (Å²) in [6.07, 6.45) is 3.64. The van der Waals surface area contributed by atoms with Crippen LogP contribution in [0, 0.1) is 5.82 Å². The van der Waals surface area contributed by atoms with E-state index in [9.17, 15) is 14.0 Å². The van der Waals surface area contributed by atoms with Crippen molar-refractivity contribution in [2.24, 2.45) is 5.73 Å². The van der Waals surface area contributed by atoms with Gasteiger partial charge in [0.2, 0.25) is 5.91 Å². The van der Waals surface area contributed by atoms with Gasteiger partial charge in [-0.25, -0.2) is 4.39 Å². The Bertz CT molecular complexity index is 758. The molecule has 0 saturated carbocycles. The molecule has 0 unspecified atom stereocenters. The van der Waals surface area contributed by atoms with E-state index in [0.29, 0.717) is 18.7 Å². The zero-order valence-electron chi connectivity index (χ0n) is 13.6. The van der Waals surface area contributed by atoms with Crippen molar-refractivity contribution in [3.63, 3.8) is 0 Å². The lowest BCUT2D eigenvalue weighted by Gasteiger charge is -2.04. The molecule has 130 valence electrons. The van der Waals surface area contributed by atoms with E-state index in [2.05, 4.69) is 5.32 Å². The monoisotopic (exact) mass is 342 g/mol. The van der Waals surface area contributed by atoms with Crippen molar-refractivity contribution in [2.45, 2.75) is 6.42 Å². The SMILES string of the molecule is NC(=O)COc1ccc(/C=C/C(=O)NCCc2cccc(F)c2)cc1. The molecule has 0 radical (unpaired) electrons. The summed E-state index contributed by atoms with van der Waals surface area (Å²) in [5.41, 5.74) is 6.64. The highest BCUT2D eigenvalue weighted by atomic mass is 19.1. The molecule has 0 aliphatic carbocycles. The number of amides is 2. The average molecular weight is 342 g/mol. The summed E-state index contributed by atoms with van der Waals surface area (Å²) in [4.78, 5) is 22.4. The molecule has 3 N–H and O–H groups in total. The molecule has 0 saturated heterocycles. The van der Waals surface area contributed by atoms with E-state index < -0.39 is 5.91 Å². The molecular weight excluding hydrogens is 323 g/mol. The lowest BCUT2D eigenvalue weighted by molar-refractivity contribution is -0.120. The predicted molar refractivity (Wildman–Crippen MR) is 93.3 cm³/mol. The molecular formula is C19H19FN2O3. The summed E-state index contributed by atoms with van der Waals surface area (Å²) >= 11 is 0. The highest BCUT2D eigenvalue weighted by Crippen LogP contribution is 2.13. The molecule has 0 aromatic heterocycles. The summed E-state index contributed by atoms with van der Waals surface area (Å²) in [5.74, 6) is -0.535. The van der Waals surface area contributed by atoms with E-state index >= 15 is 0 Å². The minimum absolute atomic E-state index is 0.178. The van der Waals surface area contributed by atoms with Gasteiger partial charge in [0.25, 0.3) is 5.91 Å². The van der Waals surface area contributed by atoms with Gasteiger partial charge in [0.05, 0.1) is 0 Å². The molecule has 5 nitrogen and oxygen atoms in total. The maximum Gasteiger partial charge on any atom is 0.255 e. The highest BCUT2D eigenvalue weighted by Gasteiger charge is 1.99. The van der Waals surface area contributed by atoms with E-state index in [4.69, 9.17) is 10.5 Å². The number of rotatable bonds is 8. The minimum Gasteiger partial charge on any atom is -0.484 e. The molecule has 2 rings (SSSR count). The van der Waals surface area contributed by atoms with Gasteiger partial charge in [-0.3, -0.25) is 9.59 Å². The second kappa shape index (κ2) is 9.22. The van der Waals surface area contributed by atoms with Crippen LogP contribution in [0.15, 0.2) is 54.6 Å². The normalized spacial score (nSPS) is 10.6. The number of hydrogen-bond acceptors (Lipinski definition) is 3. The average Bonchev–Trinajstić information content (AvgIpc) is 2.59. The summed E-state index contributed by atoms with van der Waals surface area (Å²) in [5, 5.41) is 2.74. The van der Waals surface area contributed by atoms with Crippen molar-refractivity contribution >= 4 is 17.9 Å². The van der Waals surface area contributed by atoms with E-state index in [1.165, 1.54) is 18.2 Å².